The summed E-state index contributed by atoms with van der Waals surface area (Å²) in [4.78, 5) is 2.96. The van der Waals surface area contributed by atoms with E-state index in [1.165, 1.54) is 0 Å². The van der Waals surface area contributed by atoms with Crippen LogP contribution < -0.4 is 10.5 Å². The number of pyridine rings is 1. The smallest absolute Gasteiger partial charge is 0.392 e. The van der Waals surface area contributed by atoms with Crippen LogP contribution in [-0.2, 0) is 19.3 Å². The monoisotopic (exact) mass is 290 g/mol. The molecule has 4 nitrogen and oxygen atoms in total. The fraction of sp³-hybridized carbons (Fsp3) is 0.444. The number of hydrogen-bond acceptors (Lipinski definition) is 4. The van der Waals surface area contributed by atoms with Crippen LogP contribution in [0.5, 0.6) is 5.88 Å². The Morgan fingerprint density at radius 3 is 2.16 bits per heavy atom. The highest BCUT2D eigenvalue weighted by Crippen LogP contribution is 2.40. The zero-order valence-electron chi connectivity index (χ0n) is 9.14. The SMILES string of the molecule is NCc1cnc(OC(F)(F)F)c(C(F)(F)F)c1CO. The topological polar surface area (TPSA) is 68.4 Å². The van der Waals surface area contributed by atoms with Crippen LogP contribution in [0.2, 0.25) is 0 Å². The summed E-state index contributed by atoms with van der Waals surface area (Å²) in [7, 11) is 0. The predicted octanol–water partition coefficient (Wildman–Crippen LogP) is 1.95. The molecule has 1 aromatic heterocycles. The lowest BCUT2D eigenvalue weighted by atomic mass is 10.0. The van der Waals surface area contributed by atoms with E-state index in [2.05, 4.69) is 9.72 Å². The van der Waals surface area contributed by atoms with Crippen molar-refractivity contribution in [1.29, 1.82) is 0 Å². The number of hydrogen-bond donors (Lipinski definition) is 2. The summed E-state index contributed by atoms with van der Waals surface area (Å²) < 4.78 is 77.5. The third-order valence-electron chi connectivity index (χ3n) is 2.11. The Bertz CT molecular complexity index is 457. The number of nitrogens with two attached hydrogens (primary N) is 1. The number of aromatic nitrogens is 1. The standard InChI is InChI=1S/C9H8F6N2O2/c10-8(11,12)6-5(3-18)4(1-16)2-17-7(6)19-9(13,14)15/h2,18H,1,3,16H2. The van der Waals surface area contributed by atoms with E-state index in [-0.39, 0.29) is 5.56 Å². The Balaban J connectivity index is 3.48. The van der Waals surface area contributed by atoms with Crippen LogP contribution in [0.15, 0.2) is 6.20 Å². The molecule has 1 heterocycles. The van der Waals surface area contributed by atoms with Crippen LogP contribution in [-0.4, -0.2) is 16.5 Å². The van der Waals surface area contributed by atoms with Crippen molar-refractivity contribution in [1.82, 2.24) is 4.98 Å². The van der Waals surface area contributed by atoms with Crippen molar-refractivity contribution in [3.05, 3.63) is 22.9 Å². The summed E-state index contributed by atoms with van der Waals surface area (Å²) in [6, 6.07) is 0. The zero-order valence-corrected chi connectivity index (χ0v) is 9.14. The molecule has 19 heavy (non-hydrogen) atoms. The maximum Gasteiger partial charge on any atom is 0.574 e. The van der Waals surface area contributed by atoms with Gasteiger partial charge in [-0.15, -0.1) is 13.2 Å². The van der Waals surface area contributed by atoms with E-state index in [0.29, 0.717) is 6.20 Å². The molecule has 0 aliphatic rings. The highest BCUT2D eigenvalue weighted by atomic mass is 19.4. The molecular formula is C9H8F6N2O2. The summed E-state index contributed by atoms with van der Waals surface area (Å²) >= 11 is 0. The average molecular weight is 290 g/mol. The summed E-state index contributed by atoms with van der Waals surface area (Å²) in [6.07, 6.45) is -9.80. The Kier molecular flexibility index (Phi) is 4.25. The Morgan fingerprint density at radius 2 is 1.79 bits per heavy atom. The third-order valence-corrected chi connectivity index (χ3v) is 2.11. The molecule has 1 rings (SSSR count). The van der Waals surface area contributed by atoms with Crippen LogP contribution in [0.25, 0.3) is 0 Å². The molecule has 0 saturated heterocycles. The Labute approximate surface area is 102 Å². The first-order valence-electron chi connectivity index (χ1n) is 4.74. The minimum Gasteiger partial charge on any atom is -0.392 e. The highest BCUT2D eigenvalue weighted by Gasteiger charge is 2.42. The van der Waals surface area contributed by atoms with Gasteiger partial charge in [-0.25, -0.2) is 4.98 Å². The largest absolute Gasteiger partial charge is 0.574 e. The maximum absolute atomic E-state index is 12.7. The lowest BCUT2D eigenvalue weighted by Gasteiger charge is -2.18. The fourth-order valence-electron chi connectivity index (χ4n) is 1.40. The summed E-state index contributed by atoms with van der Waals surface area (Å²) in [6.45, 7) is -1.56. The van der Waals surface area contributed by atoms with Crippen molar-refractivity contribution in [2.24, 2.45) is 5.73 Å². The molecule has 0 aromatic carbocycles. The molecule has 0 radical (unpaired) electrons. The van der Waals surface area contributed by atoms with Crippen LogP contribution in [0.4, 0.5) is 26.3 Å². The summed E-state index contributed by atoms with van der Waals surface area (Å²) in [5, 5.41) is 8.90. The maximum atomic E-state index is 12.7. The number of nitrogens with zero attached hydrogens (tertiary/aromatic N) is 1. The molecule has 108 valence electrons. The summed E-state index contributed by atoms with van der Waals surface area (Å²) in [5.74, 6) is -1.67. The van der Waals surface area contributed by atoms with Gasteiger partial charge < -0.3 is 15.6 Å². The van der Waals surface area contributed by atoms with Crippen molar-refractivity contribution in [2.45, 2.75) is 25.7 Å². The molecule has 10 heteroatoms. The molecule has 3 N–H and O–H groups in total. The lowest BCUT2D eigenvalue weighted by molar-refractivity contribution is -0.278. The number of rotatable bonds is 3. The van der Waals surface area contributed by atoms with E-state index in [4.69, 9.17) is 10.8 Å². The average Bonchev–Trinajstić information content (AvgIpc) is 2.24. The van der Waals surface area contributed by atoms with E-state index in [0.717, 1.165) is 0 Å². The number of aliphatic hydroxyl groups excluding tert-OH is 1. The summed E-state index contributed by atoms with van der Waals surface area (Å²) in [5.41, 5.74) is 2.35. The molecule has 0 aliphatic carbocycles. The van der Waals surface area contributed by atoms with Gasteiger partial charge in [0.15, 0.2) is 0 Å². The van der Waals surface area contributed by atoms with Gasteiger partial charge in [0.25, 0.3) is 0 Å². The van der Waals surface area contributed by atoms with E-state index in [1.807, 2.05) is 0 Å². The van der Waals surface area contributed by atoms with Crippen molar-refractivity contribution >= 4 is 0 Å². The minimum atomic E-state index is -5.33. The van der Waals surface area contributed by atoms with Gasteiger partial charge in [0.05, 0.1) is 6.61 Å². The van der Waals surface area contributed by atoms with Crippen LogP contribution >= 0.6 is 0 Å². The van der Waals surface area contributed by atoms with Crippen molar-refractivity contribution in [3.8, 4) is 5.88 Å². The third kappa shape index (κ3) is 3.70. The van der Waals surface area contributed by atoms with Gasteiger partial charge in [0.1, 0.15) is 5.56 Å². The van der Waals surface area contributed by atoms with E-state index >= 15 is 0 Å². The zero-order chi connectivity index (χ0) is 14.8. The fourth-order valence-corrected chi connectivity index (χ4v) is 1.40. The molecule has 0 atom stereocenters. The van der Waals surface area contributed by atoms with E-state index in [9.17, 15) is 26.3 Å². The van der Waals surface area contributed by atoms with Crippen molar-refractivity contribution < 1.29 is 36.2 Å². The van der Waals surface area contributed by atoms with Crippen LogP contribution in [0.3, 0.4) is 0 Å². The van der Waals surface area contributed by atoms with Crippen LogP contribution in [0, 0.1) is 0 Å². The molecular weight excluding hydrogens is 282 g/mol. The predicted molar refractivity (Wildman–Crippen MR) is 49.7 cm³/mol. The van der Waals surface area contributed by atoms with Gasteiger partial charge in [-0.1, -0.05) is 0 Å². The Hall–Kier alpha value is -1.55. The number of aliphatic hydroxyl groups is 1. The quantitative estimate of drug-likeness (QED) is 0.835. The lowest BCUT2D eigenvalue weighted by Crippen LogP contribution is -2.23. The van der Waals surface area contributed by atoms with Gasteiger partial charge in [-0.2, -0.15) is 13.2 Å². The second kappa shape index (κ2) is 5.21. The van der Waals surface area contributed by atoms with Gasteiger partial charge in [0.2, 0.25) is 5.88 Å². The first kappa shape index (κ1) is 15.5. The second-order valence-corrected chi connectivity index (χ2v) is 3.35. The van der Waals surface area contributed by atoms with Crippen LogP contribution in [0.1, 0.15) is 16.7 Å². The first-order chi connectivity index (χ1) is 8.60. The molecule has 0 aliphatic heterocycles. The van der Waals surface area contributed by atoms with E-state index in [1.54, 1.807) is 0 Å². The number of alkyl halides is 6. The normalized spacial score (nSPS) is 12.6. The number of ether oxygens (including phenoxy) is 1. The minimum absolute atomic E-state index is 0.218. The Morgan fingerprint density at radius 1 is 1.21 bits per heavy atom. The molecule has 0 spiro atoms. The molecule has 0 amide bonds. The molecule has 0 saturated carbocycles. The molecule has 0 unspecified atom stereocenters. The number of halogens is 6. The molecule has 0 fully saturated rings. The molecule has 0 bridgehead atoms. The van der Waals surface area contributed by atoms with Gasteiger partial charge in [-0.05, 0) is 5.56 Å². The second-order valence-electron chi connectivity index (χ2n) is 3.35. The highest BCUT2D eigenvalue weighted by molar-refractivity contribution is 5.41. The van der Waals surface area contributed by atoms with Gasteiger partial charge in [0, 0.05) is 18.3 Å². The van der Waals surface area contributed by atoms with Gasteiger partial charge >= 0.3 is 12.5 Å². The van der Waals surface area contributed by atoms with E-state index < -0.39 is 42.7 Å². The molecule has 1 aromatic rings. The van der Waals surface area contributed by atoms with Gasteiger partial charge in [-0.3, -0.25) is 0 Å². The first-order valence-corrected chi connectivity index (χ1v) is 4.74. The van der Waals surface area contributed by atoms with Crippen molar-refractivity contribution in [2.75, 3.05) is 0 Å². The van der Waals surface area contributed by atoms with Crippen molar-refractivity contribution in [3.63, 3.8) is 0 Å².